The average Bonchev–Trinajstić information content (AvgIpc) is 2.83. The van der Waals surface area contributed by atoms with E-state index >= 15 is 0 Å². The molecule has 1 aliphatic heterocycles. The summed E-state index contributed by atoms with van der Waals surface area (Å²) in [5.74, 6) is -1.04. The van der Waals surface area contributed by atoms with Gasteiger partial charge in [-0.3, -0.25) is 14.5 Å². The fourth-order valence-corrected chi connectivity index (χ4v) is 4.76. The highest BCUT2D eigenvalue weighted by atomic mass is 16.2. The van der Waals surface area contributed by atoms with E-state index in [4.69, 9.17) is 0 Å². The fraction of sp³-hybridized carbons (Fsp3) is 0.286. The van der Waals surface area contributed by atoms with Gasteiger partial charge in [-0.25, -0.2) is 0 Å². The number of hydrogen-bond donors (Lipinski definition) is 1. The van der Waals surface area contributed by atoms with E-state index in [1.54, 1.807) is 4.90 Å². The molecule has 33 heavy (non-hydrogen) atoms. The zero-order valence-corrected chi connectivity index (χ0v) is 19.5. The van der Waals surface area contributed by atoms with E-state index in [1.165, 1.54) is 11.1 Å². The Morgan fingerprint density at radius 2 is 1.24 bits per heavy atom. The molecule has 0 aromatic heterocycles. The number of nitrogens with one attached hydrogen (secondary N) is 1. The summed E-state index contributed by atoms with van der Waals surface area (Å²) in [5, 5.41) is 2.84. The summed E-state index contributed by atoms with van der Waals surface area (Å²) in [6.45, 7) is 8.38. The standard InChI is InChI=1S/C28H31N3O2/c1-20-18-21(2)25(22(3)19-20)29-27(32)28(33)31-16-14-30(15-17-31)26(23-10-6-4-7-11-23)24-12-8-5-9-13-24/h4-13,18-19,26H,14-17H2,1-3H3,(H,29,32). The summed E-state index contributed by atoms with van der Waals surface area (Å²) in [6, 6.07) is 25.0. The summed E-state index contributed by atoms with van der Waals surface area (Å²) in [4.78, 5) is 29.7. The second kappa shape index (κ2) is 10.0. The van der Waals surface area contributed by atoms with E-state index < -0.39 is 11.8 Å². The summed E-state index contributed by atoms with van der Waals surface area (Å²) in [5.41, 5.74) is 6.25. The molecule has 3 aromatic rings. The van der Waals surface area contributed by atoms with Gasteiger partial charge < -0.3 is 10.2 Å². The predicted octanol–water partition coefficient (Wildman–Crippen LogP) is 4.48. The van der Waals surface area contributed by atoms with Crippen LogP contribution in [0, 0.1) is 20.8 Å². The van der Waals surface area contributed by atoms with Gasteiger partial charge in [-0.2, -0.15) is 0 Å². The number of rotatable bonds is 4. The predicted molar refractivity (Wildman–Crippen MR) is 132 cm³/mol. The number of anilines is 1. The lowest BCUT2D eigenvalue weighted by Gasteiger charge is -2.39. The van der Waals surface area contributed by atoms with Crippen LogP contribution < -0.4 is 5.32 Å². The summed E-state index contributed by atoms with van der Waals surface area (Å²) < 4.78 is 0. The lowest BCUT2D eigenvalue weighted by Crippen LogP contribution is -2.52. The largest absolute Gasteiger partial charge is 0.332 e. The van der Waals surface area contributed by atoms with Gasteiger partial charge in [0.05, 0.1) is 6.04 Å². The monoisotopic (exact) mass is 441 g/mol. The second-order valence-electron chi connectivity index (χ2n) is 8.78. The topological polar surface area (TPSA) is 52.7 Å². The minimum absolute atomic E-state index is 0.122. The SMILES string of the molecule is Cc1cc(C)c(NC(=O)C(=O)N2CCN(C(c3ccccc3)c3ccccc3)CC2)c(C)c1. The van der Waals surface area contributed by atoms with E-state index in [0.717, 1.165) is 22.4 Å². The molecule has 1 N–H and O–H groups in total. The Hall–Kier alpha value is -3.44. The lowest BCUT2D eigenvalue weighted by molar-refractivity contribution is -0.144. The molecule has 5 nitrogen and oxygen atoms in total. The van der Waals surface area contributed by atoms with E-state index in [1.807, 2.05) is 45.0 Å². The number of nitrogens with zero attached hydrogens (tertiary/aromatic N) is 2. The molecule has 0 spiro atoms. The number of carbonyl (C=O) groups is 2. The van der Waals surface area contributed by atoms with E-state index in [0.29, 0.717) is 26.2 Å². The summed E-state index contributed by atoms with van der Waals surface area (Å²) in [6.07, 6.45) is 0. The van der Waals surface area contributed by atoms with Gasteiger partial charge in [0.1, 0.15) is 0 Å². The second-order valence-corrected chi connectivity index (χ2v) is 8.78. The molecule has 0 radical (unpaired) electrons. The molecule has 170 valence electrons. The Bertz CT molecular complexity index is 1060. The van der Waals surface area contributed by atoms with Gasteiger partial charge in [0.15, 0.2) is 0 Å². The Kier molecular flexibility index (Phi) is 6.90. The maximum Gasteiger partial charge on any atom is 0.313 e. The lowest BCUT2D eigenvalue weighted by atomic mass is 9.96. The van der Waals surface area contributed by atoms with Gasteiger partial charge in [0.2, 0.25) is 0 Å². The summed E-state index contributed by atoms with van der Waals surface area (Å²) >= 11 is 0. The van der Waals surface area contributed by atoms with Gasteiger partial charge in [-0.1, -0.05) is 78.4 Å². The minimum atomic E-state index is -0.568. The molecule has 1 fully saturated rings. The number of carbonyl (C=O) groups excluding carboxylic acids is 2. The highest BCUT2D eigenvalue weighted by Gasteiger charge is 2.30. The van der Waals surface area contributed by atoms with Crippen LogP contribution in [0.3, 0.4) is 0 Å². The molecule has 2 amide bonds. The zero-order valence-electron chi connectivity index (χ0n) is 19.5. The van der Waals surface area contributed by atoms with Gasteiger partial charge in [0.25, 0.3) is 0 Å². The Morgan fingerprint density at radius 3 is 1.73 bits per heavy atom. The average molecular weight is 442 g/mol. The quantitative estimate of drug-likeness (QED) is 0.607. The Labute approximate surface area is 196 Å². The van der Waals surface area contributed by atoms with Crippen LogP contribution in [-0.4, -0.2) is 47.8 Å². The molecule has 1 saturated heterocycles. The number of hydrogen-bond acceptors (Lipinski definition) is 3. The molecule has 0 atom stereocenters. The van der Waals surface area contributed by atoms with Crippen LogP contribution in [0.1, 0.15) is 33.9 Å². The zero-order chi connectivity index (χ0) is 23.4. The first kappa shape index (κ1) is 22.7. The third kappa shape index (κ3) is 5.15. The van der Waals surface area contributed by atoms with Crippen LogP contribution in [0.2, 0.25) is 0 Å². The molecule has 1 heterocycles. The van der Waals surface area contributed by atoms with Crippen LogP contribution in [0.5, 0.6) is 0 Å². The third-order valence-electron chi connectivity index (χ3n) is 6.31. The van der Waals surface area contributed by atoms with Crippen molar-refractivity contribution in [1.82, 2.24) is 9.80 Å². The maximum absolute atomic E-state index is 12.9. The van der Waals surface area contributed by atoms with Crippen LogP contribution in [0.25, 0.3) is 0 Å². The van der Waals surface area contributed by atoms with Crippen LogP contribution >= 0.6 is 0 Å². The number of aryl methyl sites for hydroxylation is 3. The fourth-order valence-electron chi connectivity index (χ4n) is 4.76. The van der Waals surface area contributed by atoms with Crippen LogP contribution in [-0.2, 0) is 9.59 Å². The van der Waals surface area contributed by atoms with Crippen LogP contribution in [0.15, 0.2) is 72.8 Å². The van der Waals surface area contributed by atoms with Crippen molar-refractivity contribution in [2.75, 3.05) is 31.5 Å². The van der Waals surface area contributed by atoms with Crippen molar-refractivity contribution in [3.05, 3.63) is 101 Å². The first-order valence-corrected chi connectivity index (χ1v) is 11.5. The van der Waals surface area contributed by atoms with E-state index in [2.05, 4.69) is 58.7 Å². The van der Waals surface area contributed by atoms with Crippen LogP contribution in [0.4, 0.5) is 5.69 Å². The van der Waals surface area contributed by atoms with Crippen molar-refractivity contribution < 1.29 is 9.59 Å². The highest BCUT2D eigenvalue weighted by molar-refractivity contribution is 6.39. The summed E-state index contributed by atoms with van der Waals surface area (Å²) in [7, 11) is 0. The third-order valence-corrected chi connectivity index (χ3v) is 6.31. The molecule has 5 heteroatoms. The van der Waals surface area contributed by atoms with Crippen molar-refractivity contribution >= 4 is 17.5 Å². The van der Waals surface area contributed by atoms with Crippen molar-refractivity contribution in [2.24, 2.45) is 0 Å². The number of piperazine rings is 1. The van der Waals surface area contributed by atoms with Gasteiger partial charge in [-0.15, -0.1) is 0 Å². The normalized spacial score (nSPS) is 14.4. The molecule has 0 saturated carbocycles. The first-order chi connectivity index (χ1) is 15.9. The van der Waals surface area contributed by atoms with Crippen molar-refractivity contribution in [3.8, 4) is 0 Å². The van der Waals surface area contributed by atoms with Crippen molar-refractivity contribution in [1.29, 1.82) is 0 Å². The smallest absolute Gasteiger partial charge is 0.313 e. The highest BCUT2D eigenvalue weighted by Crippen LogP contribution is 2.29. The molecular weight excluding hydrogens is 410 g/mol. The van der Waals surface area contributed by atoms with E-state index in [9.17, 15) is 9.59 Å². The minimum Gasteiger partial charge on any atom is -0.332 e. The molecule has 0 unspecified atom stereocenters. The molecule has 0 bridgehead atoms. The van der Waals surface area contributed by atoms with Gasteiger partial charge >= 0.3 is 11.8 Å². The molecule has 0 aliphatic carbocycles. The van der Waals surface area contributed by atoms with Crippen molar-refractivity contribution in [2.45, 2.75) is 26.8 Å². The Morgan fingerprint density at radius 1 is 0.758 bits per heavy atom. The Balaban J connectivity index is 1.44. The maximum atomic E-state index is 12.9. The molecule has 1 aliphatic rings. The number of amides is 2. The van der Waals surface area contributed by atoms with Gasteiger partial charge in [-0.05, 0) is 43.0 Å². The first-order valence-electron chi connectivity index (χ1n) is 11.5. The van der Waals surface area contributed by atoms with Crippen molar-refractivity contribution in [3.63, 3.8) is 0 Å². The number of benzene rings is 3. The van der Waals surface area contributed by atoms with Gasteiger partial charge in [0, 0.05) is 31.9 Å². The van der Waals surface area contributed by atoms with E-state index in [-0.39, 0.29) is 6.04 Å². The molecular formula is C28H31N3O2. The molecule has 4 rings (SSSR count). The molecule has 3 aromatic carbocycles.